The molecule has 8 heteroatoms. The number of carbonyl (C=O) groups excluding carboxylic acids is 2. The number of amides is 2. The molecule has 4 rings (SSSR count). The molecule has 1 aromatic carbocycles. The van der Waals surface area contributed by atoms with Gasteiger partial charge in [0.05, 0.1) is 25.0 Å². The zero-order valence-corrected chi connectivity index (χ0v) is 15.0. The number of nitrogens with zero attached hydrogens (tertiary/aromatic N) is 3. The van der Waals surface area contributed by atoms with Crippen molar-refractivity contribution < 1.29 is 14.3 Å². The molecule has 1 saturated heterocycles. The predicted molar refractivity (Wildman–Crippen MR) is 103 cm³/mol. The second-order valence-electron chi connectivity index (χ2n) is 6.32. The number of aromatic nitrogens is 2. The molecule has 0 atom stereocenters. The maximum atomic E-state index is 12.8. The molecule has 3 heterocycles. The van der Waals surface area contributed by atoms with Crippen molar-refractivity contribution in [3.63, 3.8) is 0 Å². The first-order valence-electron chi connectivity index (χ1n) is 8.89. The number of pyridine rings is 1. The topological polar surface area (TPSA) is 93.0 Å². The van der Waals surface area contributed by atoms with Crippen LogP contribution in [0.3, 0.4) is 0 Å². The van der Waals surface area contributed by atoms with E-state index < -0.39 is 11.5 Å². The fraction of sp³-hybridized carbons (Fsp3) is 0.200. The zero-order chi connectivity index (χ0) is 19.5. The Labute approximate surface area is 160 Å². The minimum absolute atomic E-state index is 0.0438. The van der Waals surface area contributed by atoms with Crippen LogP contribution in [0.5, 0.6) is 0 Å². The monoisotopic (exact) mass is 378 g/mol. The number of hydrogen-bond donors (Lipinski definition) is 1. The molecule has 0 radical (unpaired) electrons. The third kappa shape index (κ3) is 3.37. The van der Waals surface area contributed by atoms with Crippen LogP contribution in [0.4, 0.5) is 5.69 Å². The molecule has 142 valence electrons. The van der Waals surface area contributed by atoms with Crippen LogP contribution in [0.2, 0.25) is 0 Å². The van der Waals surface area contributed by atoms with Crippen LogP contribution in [0.25, 0.3) is 5.65 Å². The van der Waals surface area contributed by atoms with Crippen LogP contribution in [0.1, 0.15) is 20.7 Å². The van der Waals surface area contributed by atoms with Crippen molar-refractivity contribution in [1.29, 1.82) is 0 Å². The fourth-order valence-electron chi connectivity index (χ4n) is 3.08. The molecule has 0 unspecified atom stereocenters. The maximum absolute atomic E-state index is 12.8. The first-order chi connectivity index (χ1) is 13.6. The minimum Gasteiger partial charge on any atom is -0.378 e. The highest BCUT2D eigenvalue weighted by Crippen LogP contribution is 2.13. The summed E-state index contributed by atoms with van der Waals surface area (Å²) in [6, 6.07) is 11.8. The van der Waals surface area contributed by atoms with E-state index in [0.717, 1.165) is 0 Å². The highest BCUT2D eigenvalue weighted by Gasteiger charge is 2.22. The van der Waals surface area contributed by atoms with Crippen molar-refractivity contribution in [2.75, 3.05) is 31.6 Å². The van der Waals surface area contributed by atoms with Gasteiger partial charge in [-0.1, -0.05) is 18.2 Å². The van der Waals surface area contributed by atoms with Crippen LogP contribution in [-0.4, -0.2) is 52.4 Å². The summed E-state index contributed by atoms with van der Waals surface area (Å²) in [4.78, 5) is 43.9. The number of morpholine rings is 1. The quantitative estimate of drug-likeness (QED) is 0.744. The molecule has 0 spiro atoms. The largest absolute Gasteiger partial charge is 0.378 e. The molecule has 0 bridgehead atoms. The SMILES string of the molecule is O=C(Nc1cnc2c(C(=O)N3CCOCC3)cccn2c1=O)c1ccccc1. The van der Waals surface area contributed by atoms with Gasteiger partial charge in [-0.3, -0.25) is 18.8 Å². The average Bonchev–Trinajstić information content (AvgIpc) is 2.76. The third-order valence-electron chi connectivity index (χ3n) is 4.55. The van der Waals surface area contributed by atoms with Gasteiger partial charge < -0.3 is 15.0 Å². The van der Waals surface area contributed by atoms with E-state index in [0.29, 0.717) is 37.4 Å². The summed E-state index contributed by atoms with van der Waals surface area (Å²) >= 11 is 0. The Hall–Kier alpha value is -3.52. The van der Waals surface area contributed by atoms with E-state index >= 15 is 0 Å². The number of ether oxygens (including phenoxy) is 1. The van der Waals surface area contributed by atoms with E-state index in [9.17, 15) is 14.4 Å². The lowest BCUT2D eigenvalue weighted by atomic mass is 10.2. The Balaban J connectivity index is 1.67. The van der Waals surface area contributed by atoms with Gasteiger partial charge in [-0.15, -0.1) is 0 Å². The van der Waals surface area contributed by atoms with E-state index in [1.807, 2.05) is 0 Å². The number of benzene rings is 1. The smallest absolute Gasteiger partial charge is 0.281 e. The number of rotatable bonds is 3. The van der Waals surface area contributed by atoms with Gasteiger partial charge in [-0.25, -0.2) is 4.98 Å². The van der Waals surface area contributed by atoms with Crippen LogP contribution in [0, 0.1) is 0 Å². The van der Waals surface area contributed by atoms with Gasteiger partial charge in [0.15, 0.2) is 5.65 Å². The Morgan fingerprint density at radius 1 is 1.04 bits per heavy atom. The average molecular weight is 378 g/mol. The first kappa shape index (κ1) is 17.9. The molecular weight excluding hydrogens is 360 g/mol. The maximum Gasteiger partial charge on any atom is 0.281 e. The summed E-state index contributed by atoms with van der Waals surface area (Å²) in [6.07, 6.45) is 2.81. The minimum atomic E-state index is -0.453. The molecule has 1 aliphatic rings. The molecule has 2 aromatic heterocycles. The van der Waals surface area contributed by atoms with Crippen molar-refractivity contribution in [2.45, 2.75) is 0 Å². The second-order valence-corrected chi connectivity index (χ2v) is 6.32. The molecule has 0 aliphatic carbocycles. The third-order valence-corrected chi connectivity index (χ3v) is 4.55. The first-order valence-corrected chi connectivity index (χ1v) is 8.89. The van der Waals surface area contributed by atoms with Gasteiger partial charge in [0.1, 0.15) is 5.69 Å². The molecule has 28 heavy (non-hydrogen) atoms. The van der Waals surface area contributed by atoms with Gasteiger partial charge in [0, 0.05) is 24.8 Å². The summed E-state index contributed by atoms with van der Waals surface area (Å²) in [5, 5.41) is 2.58. The lowest BCUT2D eigenvalue weighted by Gasteiger charge is -2.27. The van der Waals surface area contributed by atoms with Gasteiger partial charge >= 0.3 is 0 Å². The Morgan fingerprint density at radius 2 is 1.79 bits per heavy atom. The highest BCUT2D eigenvalue weighted by molar-refractivity contribution is 6.04. The molecule has 3 aromatic rings. The van der Waals surface area contributed by atoms with Crippen molar-refractivity contribution >= 4 is 23.1 Å². The summed E-state index contributed by atoms with van der Waals surface area (Å²) in [5.74, 6) is -0.602. The lowest BCUT2D eigenvalue weighted by Crippen LogP contribution is -2.41. The molecule has 2 amide bonds. The van der Waals surface area contributed by atoms with Crippen LogP contribution < -0.4 is 10.9 Å². The number of hydrogen-bond acceptors (Lipinski definition) is 5. The van der Waals surface area contributed by atoms with Crippen LogP contribution >= 0.6 is 0 Å². The highest BCUT2D eigenvalue weighted by atomic mass is 16.5. The van der Waals surface area contributed by atoms with E-state index in [2.05, 4.69) is 10.3 Å². The van der Waals surface area contributed by atoms with Crippen molar-refractivity contribution in [3.8, 4) is 0 Å². The molecule has 8 nitrogen and oxygen atoms in total. The zero-order valence-electron chi connectivity index (χ0n) is 15.0. The second kappa shape index (κ2) is 7.61. The summed E-state index contributed by atoms with van der Waals surface area (Å²) in [6.45, 7) is 1.96. The standard InChI is InChI=1S/C20H18N4O4/c25-18(14-5-2-1-3-6-14)22-16-13-21-17-15(7-4-8-24(17)20(16)27)19(26)23-9-11-28-12-10-23/h1-8,13H,9-12H2,(H,22,25). The molecule has 1 fully saturated rings. The normalized spacial score (nSPS) is 14.1. The lowest BCUT2D eigenvalue weighted by molar-refractivity contribution is 0.0303. The van der Waals surface area contributed by atoms with E-state index in [4.69, 9.17) is 4.74 Å². The van der Waals surface area contributed by atoms with Crippen molar-refractivity contribution in [1.82, 2.24) is 14.3 Å². The summed E-state index contributed by atoms with van der Waals surface area (Å²) in [5.41, 5.74) is 0.612. The van der Waals surface area contributed by atoms with Gasteiger partial charge in [-0.05, 0) is 24.3 Å². The van der Waals surface area contributed by atoms with Crippen molar-refractivity contribution in [3.05, 3.63) is 76.3 Å². The number of anilines is 1. The predicted octanol–water partition coefficient (Wildman–Crippen LogP) is 1.42. The van der Waals surface area contributed by atoms with Crippen LogP contribution in [0.15, 0.2) is 59.7 Å². The van der Waals surface area contributed by atoms with Crippen LogP contribution in [-0.2, 0) is 4.74 Å². The fourth-order valence-corrected chi connectivity index (χ4v) is 3.08. The van der Waals surface area contributed by atoms with Gasteiger partial charge in [-0.2, -0.15) is 0 Å². The van der Waals surface area contributed by atoms with E-state index in [1.54, 1.807) is 47.4 Å². The molecular formula is C20H18N4O4. The number of carbonyl (C=O) groups is 2. The Bertz CT molecular complexity index is 1090. The van der Waals surface area contributed by atoms with Gasteiger partial charge in [0.2, 0.25) is 0 Å². The summed E-state index contributed by atoms with van der Waals surface area (Å²) in [7, 11) is 0. The Morgan fingerprint density at radius 3 is 2.54 bits per heavy atom. The van der Waals surface area contributed by atoms with E-state index in [1.165, 1.54) is 16.8 Å². The molecule has 1 N–H and O–H groups in total. The van der Waals surface area contributed by atoms with Crippen molar-refractivity contribution in [2.24, 2.45) is 0 Å². The van der Waals surface area contributed by atoms with E-state index in [-0.39, 0.29) is 17.2 Å². The Kier molecular flexibility index (Phi) is 4.86. The summed E-state index contributed by atoms with van der Waals surface area (Å²) < 4.78 is 6.55. The molecule has 0 saturated carbocycles. The number of nitrogens with one attached hydrogen (secondary N) is 1. The molecule has 1 aliphatic heterocycles. The van der Waals surface area contributed by atoms with Gasteiger partial charge in [0.25, 0.3) is 17.4 Å². The number of fused-ring (bicyclic) bond motifs is 1.